The molecule has 1 N–H and O–H groups in total. The zero-order chi connectivity index (χ0) is 18.4. The van der Waals surface area contributed by atoms with E-state index in [1.54, 1.807) is 24.4 Å². The van der Waals surface area contributed by atoms with Gasteiger partial charge >= 0.3 is 0 Å². The molecular weight excluding hydrogens is 387 g/mol. The minimum absolute atomic E-state index is 0.184. The molecule has 1 heterocycles. The second-order valence-electron chi connectivity index (χ2n) is 4.95. The van der Waals surface area contributed by atoms with Crippen LogP contribution in [0.25, 0.3) is 0 Å². The molecular formula is C15H14Cl2N4O3S. The van der Waals surface area contributed by atoms with Gasteiger partial charge in [0.05, 0.1) is 23.9 Å². The molecule has 10 heteroatoms. The average Bonchev–Trinajstić information content (AvgIpc) is 2.51. The lowest BCUT2D eigenvalue weighted by Crippen LogP contribution is -2.39. The predicted molar refractivity (Wildman–Crippen MR) is 98.6 cm³/mol. The Hall–Kier alpha value is -2.16. The maximum atomic E-state index is 12.0. The normalized spacial score (nSPS) is 11.5. The lowest BCUT2D eigenvalue weighted by molar-refractivity contribution is -0.119. The molecule has 0 saturated carbocycles. The smallest absolute Gasteiger partial charge is 0.260 e. The van der Waals surface area contributed by atoms with E-state index in [1.807, 2.05) is 0 Å². The number of sulfonamides is 1. The Morgan fingerprint density at radius 3 is 2.52 bits per heavy atom. The van der Waals surface area contributed by atoms with Gasteiger partial charge in [-0.25, -0.2) is 13.8 Å². The summed E-state index contributed by atoms with van der Waals surface area (Å²) >= 11 is 11.8. The number of hydrazone groups is 1. The summed E-state index contributed by atoms with van der Waals surface area (Å²) in [6.45, 7) is -0.477. The van der Waals surface area contributed by atoms with E-state index in [0.717, 1.165) is 10.6 Å². The van der Waals surface area contributed by atoms with Crippen molar-refractivity contribution < 1.29 is 13.2 Å². The Labute approximate surface area is 155 Å². The third-order valence-corrected chi connectivity index (χ3v) is 4.47. The highest BCUT2D eigenvalue weighted by Gasteiger charge is 2.21. The number of carbonyl (C=O) groups excluding carboxylic acids is 1. The molecule has 0 fully saturated rings. The van der Waals surface area contributed by atoms with Gasteiger partial charge in [-0.1, -0.05) is 29.3 Å². The molecule has 0 unspecified atom stereocenters. The Morgan fingerprint density at radius 1 is 1.28 bits per heavy atom. The fourth-order valence-electron chi connectivity index (χ4n) is 1.87. The van der Waals surface area contributed by atoms with Crippen LogP contribution in [0.15, 0.2) is 47.7 Å². The molecule has 0 atom stereocenters. The molecule has 7 nitrogen and oxygen atoms in total. The third-order valence-electron chi connectivity index (χ3n) is 2.90. The molecule has 1 aromatic carbocycles. The second kappa shape index (κ2) is 8.28. The summed E-state index contributed by atoms with van der Waals surface area (Å²) in [7, 11) is -3.73. The minimum atomic E-state index is -3.73. The fourth-order valence-corrected chi connectivity index (χ4v) is 3.23. The molecule has 0 aliphatic rings. The van der Waals surface area contributed by atoms with Crippen molar-refractivity contribution in [2.45, 2.75) is 0 Å². The summed E-state index contributed by atoms with van der Waals surface area (Å²) in [6.07, 6.45) is 3.91. The van der Waals surface area contributed by atoms with E-state index in [9.17, 15) is 13.2 Å². The van der Waals surface area contributed by atoms with Crippen LogP contribution in [0.5, 0.6) is 0 Å². The first-order valence-corrected chi connectivity index (χ1v) is 9.53. The summed E-state index contributed by atoms with van der Waals surface area (Å²) < 4.78 is 24.9. The van der Waals surface area contributed by atoms with Crippen LogP contribution in [0.2, 0.25) is 10.0 Å². The van der Waals surface area contributed by atoms with Gasteiger partial charge in [-0.2, -0.15) is 5.10 Å². The number of benzene rings is 1. The van der Waals surface area contributed by atoms with Crippen molar-refractivity contribution >= 4 is 51.0 Å². The first-order chi connectivity index (χ1) is 11.8. The maximum absolute atomic E-state index is 12.0. The van der Waals surface area contributed by atoms with Crippen LogP contribution >= 0.6 is 23.2 Å². The van der Waals surface area contributed by atoms with E-state index < -0.39 is 22.5 Å². The number of hydrogen-bond acceptors (Lipinski definition) is 5. The molecule has 132 valence electrons. The number of rotatable bonds is 6. The van der Waals surface area contributed by atoms with Gasteiger partial charge in [0, 0.05) is 16.2 Å². The van der Waals surface area contributed by atoms with Gasteiger partial charge in [0.25, 0.3) is 5.91 Å². The highest BCUT2D eigenvalue weighted by molar-refractivity contribution is 7.92. The van der Waals surface area contributed by atoms with Crippen molar-refractivity contribution in [3.8, 4) is 0 Å². The second-order valence-corrected chi connectivity index (χ2v) is 7.72. The SMILES string of the molecule is CS(=O)(=O)N(CC(=O)N/N=C\c1ccccn1)c1cc(Cl)cc(Cl)c1. The van der Waals surface area contributed by atoms with E-state index in [0.29, 0.717) is 5.69 Å². The number of carbonyl (C=O) groups is 1. The van der Waals surface area contributed by atoms with Gasteiger partial charge in [-0.05, 0) is 30.3 Å². The molecule has 2 rings (SSSR count). The van der Waals surface area contributed by atoms with Gasteiger partial charge in [0.1, 0.15) is 6.54 Å². The minimum Gasteiger partial charge on any atom is -0.271 e. The summed E-state index contributed by atoms with van der Waals surface area (Å²) in [6, 6.07) is 9.48. The number of halogens is 2. The average molecular weight is 401 g/mol. The van der Waals surface area contributed by atoms with Crippen molar-refractivity contribution in [1.82, 2.24) is 10.4 Å². The predicted octanol–water partition coefficient (Wildman–Crippen LogP) is 2.30. The lowest BCUT2D eigenvalue weighted by Gasteiger charge is -2.21. The third kappa shape index (κ3) is 6.00. The number of aromatic nitrogens is 1. The Balaban J connectivity index is 2.12. The van der Waals surface area contributed by atoms with Gasteiger partial charge in [0.15, 0.2) is 0 Å². The summed E-state index contributed by atoms with van der Waals surface area (Å²) in [4.78, 5) is 16.0. The van der Waals surface area contributed by atoms with Crippen LogP contribution in [-0.2, 0) is 14.8 Å². The molecule has 0 aliphatic carbocycles. The van der Waals surface area contributed by atoms with Crippen LogP contribution in [-0.4, -0.2) is 38.3 Å². The number of amides is 1. The van der Waals surface area contributed by atoms with Crippen LogP contribution in [0.4, 0.5) is 5.69 Å². The molecule has 0 bridgehead atoms. The zero-order valence-corrected chi connectivity index (χ0v) is 15.4. The fraction of sp³-hybridized carbons (Fsp3) is 0.133. The number of anilines is 1. The van der Waals surface area contributed by atoms with Crippen LogP contribution in [0.3, 0.4) is 0 Å². The monoisotopic (exact) mass is 400 g/mol. The lowest BCUT2D eigenvalue weighted by atomic mass is 10.3. The van der Waals surface area contributed by atoms with Crippen molar-refractivity contribution in [2.75, 3.05) is 17.1 Å². The maximum Gasteiger partial charge on any atom is 0.260 e. The quantitative estimate of drug-likeness (QED) is 0.594. The molecule has 1 aromatic heterocycles. The van der Waals surface area contributed by atoms with Gasteiger partial charge < -0.3 is 0 Å². The highest BCUT2D eigenvalue weighted by atomic mass is 35.5. The standard InChI is InChI=1S/C15H14Cl2N4O3S/c1-25(23,24)21(14-7-11(16)6-12(17)8-14)10-15(22)20-19-9-13-4-2-3-5-18-13/h2-9H,10H2,1H3,(H,20,22)/b19-9-. The van der Waals surface area contributed by atoms with Crippen molar-refractivity contribution in [3.05, 3.63) is 58.3 Å². The largest absolute Gasteiger partial charge is 0.271 e. The van der Waals surface area contributed by atoms with Gasteiger partial charge in [0.2, 0.25) is 10.0 Å². The molecule has 25 heavy (non-hydrogen) atoms. The number of nitrogens with one attached hydrogen (secondary N) is 1. The first kappa shape index (κ1) is 19.2. The first-order valence-electron chi connectivity index (χ1n) is 6.92. The van der Waals surface area contributed by atoms with Crippen molar-refractivity contribution in [1.29, 1.82) is 0 Å². The molecule has 0 saturated heterocycles. The Kier molecular flexibility index (Phi) is 6.35. The van der Waals surface area contributed by atoms with E-state index in [4.69, 9.17) is 23.2 Å². The van der Waals surface area contributed by atoms with Gasteiger partial charge in [-0.15, -0.1) is 0 Å². The molecule has 1 amide bonds. The van der Waals surface area contributed by atoms with Crippen LogP contribution < -0.4 is 9.73 Å². The zero-order valence-electron chi connectivity index (χ0n) is 13.1. The highest BCUT2D eigenvalue weighted by Crippen LogP contribution is 2.26. The number of hydrogen-bond donors (Lipinski definition) is 1. The summed E-state index contributed by atoms with van der Waals surface area (Å²) in [5.74, 6) is -0.631. The van der Waals surface area contributed by atoms with Crippen LogP contribution in [0.1, 0.15) is 5.69 Å². The number of nitrogens with zero attached hydrogens (tertiary/aromatic N) is 3. The van der Waals surface area contributed by atoms with Crippen LogP contribution in [0, 0.1) is 0 Å². The summed E-state index contributed by atoms with van der Waals surface area (Å²) in [5.41, 5.74) is 2.98. The molecule has 0 spiro atoms. The van der Waals surface area contributed by atoms with E-state index in [-0.39, 0.29) is 15.7 Å². The van der Waals surface area contributed by atoms with E-state index >= 15 is 0 Å². The van der Waals surface area contributed by atoms with E-state index in [1.165, 1.54) is 24.4 Å². The van der Waals surface area contributed by atoms with Gasteiger partial charge in [-0.3, -0.25) is 14.1 Å². The Bertz CT molecular complexity index is 869. The van der Waals surface area contributed by atoms with Crippen molar-refractivity contribution in [2.24, 2.45) is 5.10 Å². The Morgan fingerprint density at radius 2 is 1.96 bits per heavy atom. The topological polar surface area (TPSA) is 91.7 Å². The molecule has 0 aliphatic heterocycles. The number of pyridine rings is 1. The molecule has 0 radical (unpaired) electrons. The van der Waals surface area contributed by atoms with E-state index in [2.05, 4.69) is 15.5 Å². The molecule has 2 aromatic rings. The summed E-state index contributed by atoms with van der Waals surface area (Å²) in [5, 5.41) is 4.25. The van der Waals surface area contributed by atoms with Crippen molar-refractivity contribution in [3.63, 3.8) is 0 Å².